The maximum atomic E-state index is 13.4. The molecule has 0 aliphatic carbocycles. The highest BCUT2D eigenvalue weighted by Crippen LogP contribution is 2.32. The van der Waals surface area contributed by atoms with Crippen molar-refractivity contribution >= 4 is 12.0 Å². The highest BCUT2D eigenvalue weighted by molar-refractivity contribution is 5.77. The van der Waals surface area contributed by atoms with Gasteiger partial charge in [-0.3, -0.25) is 4.79 Å². The van der Waals surface area contributed by atoms with Crippen molar-refractivity contribution in [3.05, 3.63) is 53.6 Å². The predicted octanol–water partition coefficient (Wildman–Crippen LogP) is 4.69. The van der Waals surface area contributed by atoms with E-state index in [4.69, 9.17) is 29.4 Å². The molecule has 9 nitrogen and oxygen atoms in total. The molecule has 2 aromatic rings. The first-order valence-corrected chi connectivity index (χ1v) is 12.5. The summed E-state index contributed by atoms with van der Waals surface area (Å²) < 4.78 is 27.8. The molecule has 0 saturated heterocycles. The molecular formula is C28H40N2O7. The first-order valence-electron chi connectivity index (χ1n) is 12.5. The van der Waals surface area contributed by atoms with Gasteiger partial charge in [0.1, 0.15) is 11.4 Å². The molecular weight excluding hydrogens is 476 g/mol. The minimum Gasteiger partial charge on any atom is -0.492 e. The lowest BCUT2D eigenvalue weighted by Gasteiger charge is -2.28. The number of carbonyl (C=O) groups is 2. The minimum absolute atomic E-state index is 0.0808. The van der Waals surface area contributed by atoms with Gasteiger partial charge in [-0.15, -0.1) is 0 Å². The molecule has 2 amide bonds. The summed E-state index contributed by atoms with van der Waals surface area (Å²) in [4.78, 5) is 26.4. The van der Waals surface area contributed by atoms with E-state index < -0.39 is 12.4 Å². The quantitative estimate of drug-likeness (QED) is 0.363. The molecule has 0 heterocycles. The SMILES string of the molecule is CCOC(CN(Cc1cccc(OC(N)=O)c1OC)C(=O)CCc1ccc(OC(C)(C)C)cc1)OCC. The summed E-state index contributed by atoms with van der Waals surface area (Å²) in [5.41, 5.74) is 6.59. The van der Waals surface area contributed by atoms with Crippen molar-refractivity contribution in [1.29, 1.82) is 0 Å². The largest absolute Gasteiger partial charge is 0.492 e. The van der Waals surface area contributed by atoms with Crippen molar-refractivity contribution in [3.63, 3.8) is 0 Å². The van der Waals surface area contributed by atoms with E-state index in [0.717, 1.165) is 11.3 Å². The summed E-state index contributed by atoms with van der Waals surface area (Å²) in [7, 11) is 1.47. The monoisotopic (exact) mass is 516 g/mol. The Kier molecular flexibility index (Phi) is 11.7. The van der Waals surface area contributed by atoms with Crippen molar-refractivity contribution in [2.75, 3.05) is 26.9 Å². The lowest BCUT2D eigenvalue weighted by atomic mass is 10.1. The van der Waals surface area contributed by atoms with Crippen molar-refractivity contribution in [1.82, 2.24) is 4.90 Å². The summed E-state index contributed by atoms with van der Waals surface area (Å²) in [5.74, 6) is 1.22. The Morgan fingerprint density at radius 1 is 1.00 bits per heavy atom. The van der Waals surface area contributed by atoms with Crippen molar-refractivity contribution in [2.45, 2.75) is 65.9 Å². The van der Waals surface area contributed by atoms with Gasteiger partial charge in [0.05, 0.1) is 13.7 Å². The summed E-state index contributed by atoms with van der Waals surface area (Å²) in [6.07, 6.45) is -0.690. The minimum atomic E-state index is -0.949. The smallest absolute Gasteiger partial charge is 0.410 e. The van der Waals surface area contributed by atoms with Gasteiger partial charge in [-0.1, -0.05) is 24.3 Å². The van der Waals surface area contributed by atoms with E-state index in [9.17, 15) is 9.59 Å². The van der Waals surface area contributed by atoms with Crippen LogP contribution in [-0.2, 0) is 27.2 Å². The number of rotatable bonds is 14. The highest BCUT2D eigenvalue weighted by Gasteiger charge is 2.23. The number of benzene rings is 2. The zero-order valence-corrected chi connectivity index (χ0v) is 22.7. The molecule has 0 radical (unpaired) electrons. The molecule has 0 aliphatic heterocycles. The average Bonchev–Trinajstić information content (AvgIpc) is 2.82. The maximum Gasteiger partial charge on any atom is 0.410 e. The first kappa shape index (κ1) is 29.9. The number of hydrogen-bond donors (Lipinski definition) is 1. The van der Waals surface area contributed by atoms with Gasteiger partial charge in [0, 0.05) is 31.7 Å². The third-order valence-corrected chi connectivity index (χ3v) is 5.24. The van der Waals surface area contributed by atoms with E-state index in [-0.39, 0.29) is 36.8 Å². The topological polar surface area (TPSA) is 110 Å². The predicted molar refractivity (Wildman–Crippen MR) is 141 cm³/mol. The van der Waals surface area contributed by atoms with Crippen LogP contribution in [0.15, 0.2) is 42.5 Å². The summed E-state index contributed by atoms with van der Waals surface area (Å²) in [5, 5.41) is 0. The number of aryl methyl sites for hydroxylation is 1. The fraction of sp³-hybridized carbons (Fsp3) is 0.500. The van der Waals surface area contributed by atoms with Crippen molar-refractivity contribution in [3.8, 4) is 17.2 Å². The van der Waals surface area contributed by atoms with Gasteiger partial charge in [0.2, 0.25) is 5.91 Å². The molecule has 2 rings (SSSR count). The van der Waals surface area contributed by atoms with Crippen LogP contribution in [-0.4, -0.2) is 55.7 Å². The number of methoxy groups -OCH3 is 1. The standard InChI is InChI=1S/C28H40N2O7/c1-7-34-25(35-8-2)19-30(18-21-10-9-11-23(26(21)33-6)36-27(29)32)24(31)17-14-20-12-15-22(16-13-20)37-28(3,4)5/h9-13,15-16,25H,7-8,14,17-19H2,1-6H3,(H2,29,32). The number of primary amides is 1. The summed E-state index contributed by atoms with van der Waals surface area (Å²) >= 11 is 0. The molecule has 2 aromatic carbocycles. The molecule has 2 N–H and O–H groups in total. The van der Waals surface area contributed by atoms with Crippen LogP contribution >= 0.6 is 0 Å². The molecule has 0 bridgehead atoms. The van der Waals surface area contributed by atoms with Crippen LogP contribution < -0.4 is 19.9 Å². The van der Waals surface area contributed by atoms with E-state index in [0.29, 0.717) is 30.9 Å². The average molecular weight is 517 g/mol. The van der Waals surface area contributed by atoms with Crippen LogP contribution in [0.1, 0.15) is 52.2 Å². The molecule has 0 spiro atoms. The van der Waals surface area contributed by atoms with Crippen LogP contribution in [0.5, 0.6) is 17.2 Å². The molecule has 0 fully saturated rings. The van der Waals surface area contributed by atoms with Gasteiger partial charge in [0.25, 0.3) is 0 Å². The molecule has 0 aliphatic rings. The third-order valence-electron chi connectivity index (χ3n) is 5.24. The number of hydrogen-bond acceptors (Lipinski definition) is 7. The molecule has 0 saturated carbocycles. The Morgan fingerprint density at radius 3 is 2.19 bits per heavy atom. The maximum absolute atomic E-state index is 13.4. The van der Waals surface area contributed by atoms with Crippen molar-refractivity contribution < 1.29 is 33.3 Å². The van der Waals surface area contributed by atoms with Crippen LogP contribution in [0.3, 0.4) is 0 Å². The second-order valence-electron chi connectivity index (χ2n) is 9.34. The Bertz CT molecular complexity index is 997. The van der Waals surface area contributed by atoms with Crippen LogP contribution in [0.2, 0.25) is 0 Å². The molecule has 0 aromatic heterocycles. The molecule has 37 heavy (non-hydrogen) atoms. The van der Waals surface area contributed by atoms with Crippen LogP contribution in [0, 0.1) is 0 Å². The third kappa shape index (κ3) is 10.3. The lowest BCUT2D eigenvalue weighted by Crippen LogP contribution is -2.39. The van der Waals surface area contributed by atoms with Gasteiger partial charge in [-0.25, -0.2) is 4.79 Å². The fourth-order valence-electron chi connectivity index (χ4n) is 3.76. The normalized spacial score (nSPS) is 11.3. The second kappa shape index (κ2) is 14.4. The first-order chi connectivity index (χ1) is 17.6. The van der Waals surface area contributed by atoms with Gasteiger partial charge in [-0.05, 0) is 64.8 Å². The van der Waals surface area contributed by atoms with E-state index in [1.165, 1.54) is 7.11 Å². The van der Waals surface area contributed by atoms with E-state index in [1.807, 2.05) is 58.9 Å². The van der Waals surface area contributed by atoms with Crippen LogP contribution in [0.4, 0.5) is 4.79 Å². The van der Waals surface area contributed by atoms with E-state index in [2.05, 4.69) is 0 Å². The van der Waals surface area contributed by atoms with Gasteiger partial charge in [-0.2, -0.15) is 0 Å². The molecule has 0 atom stereocenters. The molecule has 9 heteroatoms. The molecule has 0 unspecified atom stereocenters. The van der Waals surface area contributed by atoms with Gasteiger partial charge >= 0.3 is 6.09 Å². The molecule has 204 valence electrons. The number of ether oxygens (including phenoxy) is 5. The number of carbonyl (C=O) groups excluding carboxylic acids is 2. The zero-order chi connectivity index (χ0) is 27.4. The summed E-state index contributed by atoms with van der Waals surface area (Å²) in [6, 6.07) is 12.9. The highest BCUT2D eigenvalue weighted by atomic mass is 16.7. The zero-order valence-electron chi connectivity index (χ0n) is 22.7. The lowest BCUT2D eigenvalue weighted by molar-refractivity contribution is -0.159. The Balaban J connectivity index is 2.21. The van der Waals surface area contributed by atoms with Crippen molar-refractivity contribution in [2.24, 2.45) is 5.73 Å². The van der Waals surface area contributed by atoms with E-state index in [1.54, 1.807) is 23.1 Å². The number of amides is 2. The second-order valence-corrected chi connectivity index (χ2v) is 9.34. The number of para-hydroxylation sites is 1. The van der Waals surface area contributed by atoms with Gasteiger partial charge < -0.3 is 34.3 Å². The Morgan fingerprint density at radius 2 is 1.65 bits per heavy atom. The van der Waals surface area contributed by atoms with Gasteiger partial charge in [0.15, 0.2) is 17.8 Å². The Labute approximate surface area is 219 Å². The number of nitrogens with two attached hydrogens (primary N) is 1. The van der Waals surface area contributed by atoms with Crippen LogP contribution in [0.25, 0.3) is 0 Å². The number of nitrogens with zero attached hydrogens (tertiary/aromatic N) is 1. The Hall–Kier alpha value is -3.30. The fourth-order valence-corrected chi connectivity index (χ4v) is 3.76. The van der Waals surface area contributed by atoms with E-state index >= 15 is 0 Å². The summed E-state index contributed by atoms with van der Waals surface area (Å²) in [6.45, 7) is 11.1.